The molecule has 0 saturated carbocycles. The Morgan fingerprint density at radius 3 is 2.88 bits per heavy atom. The van der Waals surface area contributed by atoms with Gasteiger partial charge in [0.05, 0.1) is 11.6 Å². The fourth-order valence-electron chi connectivity index (χ4n) is 4.32. The zero-order valence-corrected chi connectivity index (χ0v) is 20.1. The Morgan fingerprint density at radius 2 is 2.18 bits per heavy atom. The lowest BCUT2D eigenvalue weighted by Crippen LogP contribution is -2.49. The van der Waals surface area contributed by atoms with Gasteiger partial charge in [0.1, 0.15) is 21.7 Å². The molecule has 1 atom stereocenters. The second-order valence-corrected chi connectivity index (χ2v) is 10.2. The van der Waals surface area contributed by atoms with Gasteiger partial charge in [0.25, 0.3) is 5.91 Å². The minimum Gasteiger partial charge on any atom is -0.315 e. The number of hydrogen-bond acceptors (Lipinski definition) is 7. The van der Waals surface area contributed by atoms with Crippen LogP contribution in [0.25, 0.3) is 20.7 Å². The number of aryl methyl sites for hydroxylation is 2. The molecule has 3 aromatic heterocycles. The Labute approximate surface area is 199 Å². The van der Waals surface area contributed by atoms with Crippen molar-refractivity contribution in [1.29, 1.82) is 0 Å². The molecule has 1 amide bonds. The van der Waals surface area contributed by atoms with Gasteiger partial charge >= 0.3 is 0 Å². The number of hydrogen-bond donors (Lipinski definition) is 1. The Kier molecular flexibility index (Phi) is 6.18. The van der Waals surface area contributed by atoms with Crippen molar-refractivity contribution >= 4 is 44.5 Å². The van der Waals surface area contributed by atoms with E-state index in [0.717, 1.165) is 46.5 Å². The number of carbonyl (C=O) groups is 1. The van der Waals surface area contributed by atoms with Crippen molar-refractivity contribution < 1.29 is 9.18 Å². The molecule has 0 radical (unpaired) electrons. The zero-order chi connectivity index (χ0) is 22.9. The summed E-state index contributed by atoms with van der Waals surface area (Å²) in [7, 11) is 0. The van der Waals surface area contributed by atoms with Crippen LogP contribution in [0.15, 0.2) is 35.8 Å². The number of carbonyl (C=O) groups excluding carboxylic acids is 1. The summed E-state index contributed by atoms with van der Waals surface area (Å²) in [5.74, 6) is -0.311. The van der Waals surface area contributed by atoms with Crippen molar-refractivity contribution in [2.75, 3.05) is 18.0 Å². The zero-order valence-electron chi connectivity index (χ0n) is 18.5. The topological polar surface area (TPSA) is 71.0 Å². The highest BCUT2D eigenvalue weighted by Crippen LogP contribution is 2.36. The molecular weight excluding hydrogens is 457 g/mol. The number of thiophene rings is 1. The minimum atomic E-state index is -0.563. The first-order chi connectivity index (χ1) is 16.1. The summed E-state index contributed by atoms with van der Waals surface area (Å²) in [5.41, 5.74) is 1.81. The largest absolute Gasteiger partial charge is 0.315 e. The van der Waals surface area contributed by atoms with Gasteiger partial charge in [-0.3, -0.25) is 9.69 Å². The third kappa shape index (κ3) is 4.16. The maximum absolute atomic E-state index is 15.3. The lowest BCUT2D eigenvalue weighted by Gasteiger charge is -2.34. The Balaban J connectivity index is 1.59. The maximum Gasteiger partial charge on any atom is 0.262 e. The van der Waals surface area contributed by atoms with Gasteiger partial charge in [0.2, 0.25) is 0 Å². The summed E-state index contributed by atoms with van der Waals surface area (Å²) < 4.78 is 16.4. The molecule has 1 saturated heterocycles. The van der Waals surface area contributed by atoms with E-state index in [9.17, 15) is 4.79 Å². The van der Waals surface area contributed by atoms with Crippen LogP contribution in [0.5, 0.6) is 0 Å². The molecule has 9 heteroatoms. The molecule has 1 aromatic carbocycles. The van der Waals surface area contributed by atoms with E-state index in [-0.39, 0.29) is 17.5 Å². The Hall–Kier alpha value is -2.75. The van der Waals surface area contributed by atoms with E-state index in [1.54, 1.807) is 34.6 Å². The van der Waals surface area contributed by atoms with Crippen LogP contribution in [-0.2, 0) is 6.42 Å². The number of aromatic nitrogens is 3. The van der Waals surface area contributed by atoms with Gasteiger partial charge in [-0.1, -0.05) is 24.3 Å². The second kappa shape index (κ2) is 9.24. The van der Waals surface area contributed by atoms with Gasteiger partial charge in [0, 0.05) is 28.4 Å². The van der Waals surface area contributed by atoms with Crippen molar-refractivity contribution in [2.24, 2.45) is 0 Å². The van der Waals surface area contributed by atoms with Gasteiger partial charge < -0.3 is 5.32 Å². The molecule has 1 aliphatic heterocycles. The quantitative estimate of drug-likeness (QED) is 0.423. The average molecular weight is 482 g/mol. The van der Waals surface area contributed by atoms with Crippen LogP contribution in [0, 0.1) is 12.7 Å². The molecule has 4 aromatic rings. The van der Waals surface area contributed by atoms with E-state index >= 15 is 4.39 Å². The van der Waals surface area contributed by atoms with Crippen LogP contribution in [0.1, 0.15) is 40.7 Å². The molecule has 1 N–H and O–H groups in total. The lowest BCUT2D eigenvalue weighted by molar-refractivity contribution is 0.0968. The molecular formula is C24H24FN5OS2. The van der Waals surface area contributed by atoms with Crippen molar-refractivity contribution in [3.05, 3.63) is 57.8 Å². The molecule has 1 unspecified atom stereocenters. The first kappa shape index (κ1) is 22.1. The summed E-state index contributed by atoms with van der Waals surface area (Å²) >= 11 is 3.04. The van der Waals surface area contributed by atoms with Crippen LogP contribution in [0.2, 0.25) is 0 Å². The highest BCUT2D eigenvalue weighted by atomic mass is 32.1. The predicted octanol–water partition coefficient (Wildman–Crippen LogP) is 5.22. The summed E-state index contributed by atoms with van der Waals surface area (Å²) in [6.07, 6.45) is 4.37. The van der Waals surface area contributed by atoms with E-state index in [0.29, 0.717) is 22.9 Å². The average Bonchev–Trinajstić information content (AvgIpc) is 3.46. The van der Waals surface area contributed by atoms with Gasteiger partial charge in [-0.15, -0.1) is 21.5 Å². The first-order valence-corrected chi connectivity index (χ1v) is 12.8. The monoisotopic (exact) mass is 481 g/mol. The standard InChI is InChI=1S/C24H24FN5OS2/c1-3-15-13-32-20-8-10-27-22(21(15)20)30(17-5-4-9-26-12-17)24(31)18-7-6-16(11-19(18)25)23-29-28-14(2)33-23/h6-8,10-11,13,17,26H,3-5,9,12H2,1-2H3. The van der Waals surface area contributed by atoms with Gasteiger partial charge in [-0.25, -0.2) is 9.37 Å². The normalized spacial score (nSPS) is 16.3. The number of pyridine rings is 1. The molecule has 4 heterocycles. The number of fused-ring (bicyclic) bond motifs is 1. The SMILES string of the molecule is CCc1csc2ccnc(N(C(=O)c3ccc(-c4nnc(C)s4)cc3F)C3CCCNC3)c12. The van der Waals surface area contributed by atoms with E-state index in [1.165, 1.54) is 17.4 Å². The number of amides is 1. The van der Waals surface area contributed by atoms with E-state index in [2.05, 4.69) is 32.8 Å². The van der Waals surface area contributed by atoms with Crippen LogP contribution >= 0.6 is 22.7 Å². The second-order valence-electron chi connectivity index (χ2n) is 8.12. The third-order valence-electron chi connectivity index (χ3n) is 5.98. The van der Waals surface area contributed by atoms with Crippen molar-refractivity contribution in [3.63, 3.8) is 0 Å². The summed E-state index contributed by atoms with van der Waals surface area (Å²) in [4.78, 5) is 20.2. The van der Waals surface area contributed by atoms with E-state index in [1.807, 2.05) is 13.0 Å². The van der Waals surface area contributed by atoms with Gasteiger partial charge in [0.15, 0.2) is 0 Å². The summed E-state index contributed by atoms with van der Waals surface area (Å²) in [6.45, 7) is 5.52. The third-order valence-corrected chi connectivity index (χ3v) is 7.86. The summed E-state index contributed by atoms with van der Waals surface area (Å²) in [6, 6.07) is 6.55. The van der Waals surface area contributed by atoms with E-state index < -0.39 is 5.82 Å². The molecule has 170 valence electrons. The lowest BCUT2D eigenvalue weighted by atomic mass is 10.0. The Bertz CT molecular complexity index is 1310. The van der Waals surface area contributed by atoms with E-state index in [4.69, 9.17) is 0 Å². The van der Waals surface area contributed by atoms with Crippen molar-refractivity contribution in [1.82, 2.24) is 20.5 Å². The number of nitrogens with one attached hydrogen (secondary N) is 1. The van der Waals surface area contributed by atoms with Crippen LogP contribution in [-0.4, -0.2) is 40.2 Å². The molecule has 6 nitrogen and oxygen atoms in total. The molecule has 1 fully saturated rings. The number of nitrogens with zero attached hydrogens (tertiary/aromatic N) is 4. The molecule has 0 aliphatic carbocycles. The molecule has 0 bridgehead atoms. The number of piperidine rings is 1. The fraction of sp³-hybridized carbons (Fsp3) is 0.333. The van der Waals surface area contributed by atoms with Crippen LogP contribution in [0.3, 0.4) is 0 Å². The van der Waals surface area contributed by atoms with Crippen LogP contribution < -0.4 is 10.2 Å². The molecule has 0 spiro atoms. The predicted molar refractivity (Wildman–Crippen MR) is 132 cm³/mol. The molecule has 1 aliphatic rings. The highest BCUT2D eigenvalue weighted by molar-refractivity contribution is 7.17. The maximum atomic E-state index is 15.3. The number of benzene rings is 1. The first-order valence-electron chi connectivity index (χ1n) is 11.1. The molecule has 33 heavy (non-hydrogen) atoms. The van der Waals surface area contributed by atoms with Crippen LogP contribution in [0.4, 0.5) is 10.2 Å². The van der Waals surface area contributed by atoms with Gasteiger partial charge in [-0.05, 0) is 61.9 Å². The number of rotatable bonds is 5. The van der Waals surface area contributed by atoms with Crippen molar-refractivity contribution in [2.45, 2.75) is 39.2 Å². The Morgan fingerprint density at radius 1 is 1.30 bits per heavy atom. The molecule has 5 rings (SSSR count). The summed E-state index contributed by atoms with van der Waals surface area (Å²) in [5, 5.41) is 16.0. The van der Waals surface area contributed by atoms with Crippen molar-refractivity contribution in [3.8, 4) is 10.6 Å². The fourth-order valence-corrected chi connectivity index (χ4v) is 6.04. The number of halogens is 1. The smallest absolute Gasteiger partial charge is 0.262 e. The minimum absolute atomic E-state index is 0.0395. The highest BCUT2D eigenvalue weighted by Gasteiger charge is 2.32. The number of anilines is 1. The van der Waals surface area contributed by atoms with Gasteiger partial charge in [-0.2, -0.15) is 0 Å².